The summed E-state index contributed by atoms with van der Waals surface area (Å²) in [4.78, 5) is 20.7. The molecule has 1 N–H and O–H groups in total. The molecule has 0 bridgehead atoms. The molecule has 7 heteroatoms. The Balaban J connectivity index is 1.53. The van der Waals surface area contributed by atoms with Gasteiger partial charge >= 0.3 is 6.03 Å². The van der Waals surface area contributed by atoms with Gasteiger partial charge in [0, 0.05) is 32.4 Å². The number of rotatable bonds is 3. The SMILES string of the molecule is Cc1ccc(N2CCN(C(=O)Nc3ccc(C(C)C)cn3)CC2)nn1. The summed E-state index contributed by atoms with van der Waals surface area (Å²) in [6.45, 7) is 8.92. The van der Waals surface area contributed by atoms with Gasteiger partial charge in [-0.25, -0.2) is 9.78 Å². The molecular formula is C18H24N6O. The minimum Gasteiger partial charge on any atom is -0.352 e. The average molecular weight is 340 g/mol. The van der Waals surface area contributed by atoms with Gasteiger partial charge in [-0.1, -0.05) is 19.9 Å². The second-order valence-electron chi connectivity index (χ2n) is 6.57. The van der Waals surface area contributed by atoms with Gasteiger partial charge in [-0.3, -0.25) is 5.32 Å². The lowest BCUT2D eigenvalue weighted by Crippen LogP contribution is -2.50. The summed E-state index contributed by atoms with van der Waals surface area (Å²) in [7, 11) is 0. The molecule has 1 saturated heterocycles. The van der Waals surface area contributed by atoms with Gasteiger partial charge in [0.2, 0.25) is 0 Å². The molecule has 1 fully saturated rings. The van der Waals surface area contributed by atoms with Crippen molar-refractivity contribution in [3.05, 3.63) is 41.7 Å². The van der Waals surface area contributed by atoms with Crippen molar-refractivity contribution < 1.29 is 4.79 Å². The Labute approximate surface area is 148 Å². The summed E-state index contributed by atoms with van der Waals surface area (Å²) >= 11 is 0. The van der Waals surface area contributed by atoms with E-state index in [-0.39, 0.29) is 6.03 Å². The van der Waals surface area contributed by atoms with Gasteiger partial charge in [-0.05, 0) is 36.6 Å². The molecule has 25 heavy (non-hydrogen) atoms. The summed E-state index contributed by atoms with van der Waals surface area (Å²) in [5.41, 5.74) is 2.06. The van der Waals surface area contributed by atoms with Crippen molar-refractivity contribution in [1.82, 2.24) is 20.1 Å². The molecule has 7 nitrogen and oxygen atoms in total. The van der Waals surface area contributed by atoms with E-state index in [9.17, 15) is 4.79 Å². The predicted molar refractivity (Wildman–Crippen MR) is 97.9 cm³/mol. The zero-order chi connectivity index (χ0) is 17.8. The largest absolute Gasteiger partial charge is 0.352 e. The topological polar surface area (TPSA) is 74.2 Å². The van der Waals surface area contributed by atoms with Crippen molar-refractivity contribution in [2.24, 2.45) is 0 Å². The Kier molecular flexibility index (Phi) is 5.11. The maximum absolute atomic E-state index is 12.4. The van der Waals surface area contributed by atoms with E-state index in [2.05, 4.69) is 39.2 Å². The van der Waals surface area contributed by atoms with Gasteiger partial charge in [0.05, 0.1) is 5.69 Å². The van der Waals surface area contributed by atoms with Crippen molar-refractivity contribution in [3.63, 3.8) is 0 Å². The predicted octanol–water partition coefficient (Wildman–Crippen LogP) is 2.66. The average Bonchev–Trinajstić information content (AvgIpc) is 2.63. The number of nitrogens with one attached hydrogen (secondary N) is 1. The number of carbonyl (C=O) groups excluding carboxylic acids is 1. The first-order chi connectivity index (χ1) is 12.0. The molecule has 0 spiro atoms. The van der Waals surface area contributed by atoms with Crippen LogP contribution in [-0.4, -0.2) is 52.3 Å². The molecule has 2 aromatic rings. The minimum absolute atomic E-state index is 0.112. The fourth-order valence-corrected chi connectivity index (χ4v) is 2.71. The molecule has 0 radical (unpaired) electrons. The van der Waals surface area contributed by atoms with Gasteiger partial charge in [0.25, 0.3) is 0 Å². The summed E-state index contributed by atoms with van der Waals surface area (Å²) in [5.74, 6) is 1.87. The summed E-state index contributed by atoms with van der Waals surface area (Å²) in [6.07, 6.45) is 1.81. The number of aryl methyl sites for hydroxylation is 1. The second kappa shape index (κ2) is 7.46. The lowest BCUT2D eigenvalue weighted by molar-refractivity contribution is 0.208. The standard InChI is InChI=1S/C18H24N6O/c1-13(2)15-5-6-16(19-12-15)20-18(25)24-10-8-23(9-11-24)17-7-4-14(3)21-22-17/h4-7,12-13H,8-11H2,1-3H3,(H,19,20,25). The van der Waals surface area contributed by atoms with Gasteiger partial charge in [-0.2, -0.15) is 5.10 Å². The molecule has 2 aromatic heterocycles. The van der Waals surface area contributed by atoms with E-state index in [1.54, 1.807) is 4.90 Å². The molecule has 2 amide bonds. The molecule has 0 aromatic carbocycles. The number of hydrogen-bond donors (Lipinski definition) is 1. The third kappa shape index (κ3) is 4.23. The Morgan fingerprint density at radius 2 is 1.84 bits per heavy atom. The van der Waals surface area contributed by atoms with Gasteiger partial charge in [0.15, 0.2) is 5.82 Å². The van der Waals surface area contributed by atoms with Crippen LogP contribution in [0.5, 0.6) is 0 Å². The van der Waals surface area contributed by atoms with Crippen molar-refractivity contribution in [1.29, 1.82) is 0 Å². The van der Waals surface area contributed by atoms with Crippen molar-refractivity contribution in [2.75, 3.05) is 36.4 Å². The highest BCUT2D eigenvalue weighted by atomic mass is 16.2. The van der Waals surface area contributed by atoms with Crippen LogP contribution in [0.1, 0.15) is 31.0 Å². The van der Waals surface area contributed by atoms with E-state index in [0.717, 1.165) is 30.2 Å². The number of anilines is 2. The fourth-order valence-electron chi connectivity index (χ4n) is 2.71. The van der Waals surface area contributed by atoms with Gasteiger partial charge in [0.1, 0.15) is 5.82 Å². The molecule has 132 valence electrons. The number of hydrogen-bond acceptors (Lipinski definition) is 5. The van der Waals surface area contributed by atoms with Crippen molar-refractivity contribution in [2.45, 2.75) is 26.7 Å². The molecule has 3 heterocycles. The summed E-state index contributed by atoms with van der Waals surface area (Å²) in [6, 6.07) is 7.66. The second-order valence-corrected chi connectivity index (χ2v) is 6.57. The van der Waals surface area contributed by atoms with E-state index >= 15 is 0 Å². The van der Waals surface area contributed by atoms with Crippen LogP contribution in [0, 0.1) is 6.92 Å². The van der Waals surface area contributed by atoms with E-state index in [1.165, 1.54) is 0 Å². The third-order valence-corrected chi connectivity index (χ3v) is 4.36. The number of aromatic nitrogens is 3. The van der Waals surface area contributed by atoms with E-state index in [0.29, 0.717) is 24.8 Å². The van der Waals surface area contributed by atoms with Crippen LogP contribution >= 0.6 is 0 Å². The number of carbonyl (C=O) groups is 1. The van der Waals surface area contributed by atoms with Crippen LogP contribution < -0.4 is 10.2 Å². The Morgan fingerprint density at radius 1 is 1.08 bits per heavy atom. The molecule has 1 aliphatic heterocycles. The molecule has 0 unspecified atom stereocenters. The third-order valence-electron chi connectivity index (χ3n) is 4.36. The smallest absolute Gasteiger partial charge is 0.323 e. The first-order valence-electron chi connectivity index (χ1n) is 8.60. The number of amides is 2. The maximum atomic E-state index is 12.4. The fraction of sp³-hybridized carbons (Fsp3) is 0.444. The van der Waals surface area contributed by atoms with E-state index < -0.39 is 0 Å². The van der Waals surface area contributed by atoms with Crippen LogP contribution in [0.3, 0.4) is 0 Å². The molecule has 1 aliphatic rings. The normalized spacial score (nSPS) is 14.7. The van der Waals surface area contributed by atoms with Crippen LogP contribution in [0.2, 0.25) is 0 Å². The van der Waals surface area contributed by atoms with Crippen LogP contribution in [-0.2, 0) is 0 Å². The molecule has 0 atom stereocenters. The number of urea groups is 1. The van der Waals surface area contributed by atoms with Crippen molar-refractivity contribution >= 4 is 17.7 Å². The maximum Gasteiger partial charge on any atom is 0.323 e. The summed E-state index contributed by atoms with van der Waals surface area (Å²) < 4.78 is 0. The molecule has 3 rings (SSSR count). The summed E-state index contributed by atoms with van der Waals surface area (Å²) in [5, 5.41) is 11.2. The van der Waals surface area contributed by atoms with Crippen LogP contribution in [0.15, 0.2) is 30.5 Å². The first-order valence-corrected chi connectivity index (χ1v) is 8.60. The van der Waals surface area contributed by atoms with E-state index in [1.807, 2.05) is 37.4 Å². The van der Waals surface area contributed by atoms with Crippen molar-refractivity contribution in [3.8, 4) is 0 Å². The van der Waals surface area contributed by atoms with Crippen LogP contribution in [0.4, 0.5) is 16.4 Å². The van der Waals surface area contributed by atoms with Gasteiger partial charge in [-0.15, -0.1) is 5.10 Å². The van der Waals surface area contributed by atoms with E-state index in [4.69, 9.17) is 0 Å². The Hall–Kier alpha value is -2.70. The molecule has 0 saturated carbocycles. The highest BCUT2D eigenvalue weighted by molar-refractivity contribution is 5.88. The zero-order valence-electron chi connectivity index (χ0n) is 14.9. The van der Waals surface area contributed by atoms with Gasteiger partial charge < -0.3 is 9.80 Å². The highest BCUT2D eigenvalue weighted by Crippen LogP contribution is 2.16. The quantitative estimate of drug-likeness (QED) is 0.930. The molecular weight excluding hydrogens is 316 g/mol. The Morgan fingerprint density at radius 3 is 2.40 bits per heavy atom. The number of piperazine rings is 1. The number of pyridine rings is 1. The lowest BCUT2D eigenvalue weighted by atomic mass is 10.1. The van der Waals surface area contributed by atoms with Crippen LogP contribution in [0.25, 0.3) is 0 Å². The Bertz CT molecular complexity index is 705. The highest BCUT2D eigenvalue weighted by Gasteiger charge is 2.22. The molecule has 0 aliphatic carbocycles. The lowest BCUT2D eigenvalue weighted by Gasteiger charge is -2.35. The zero-order valence-corrected chi connectivity index (χ0v) is 14.9. The first kappa shape index (κ1) is 17.1. The minimum atomic E-state index is -0.112. The monoisotopic (exact) mass is 340 g/mol. The number of nitrogens with zero attached hydrogens (tertiary/aromatic N) is 5.